The standard InChI is InChI=1S/C10H21FN2/c1-3-4-10-8-13(6-5-11)9(2)7-12-10/h9-10,12H,3-8H2,1-2H3. The first-order valence-corrected chi connectivity index (χ1v) is 5.31. The molecule has 0 aromatic rings. The van der Waals surface area contributed by atoms with Gasteiger partial charge in [0, 0.05) is 31.7 Å². The van der Waals surface area contributed by atoms with E-state index in [2.05, 4.69) is 24.1 Å². The van der Waals surface area contributed by atoms with Gasteiger partial charge in [0.2, 0.25) is 0 Å². The zero-order valence-electron chi connectivity index (χ0n) is 8.72. The molecule has 1 aliphatic rings. The largest absolute Gasteiger partial charge is 0.311 e. The fraction of sp³-hybridized carbons (Fsp3) is 1.00. The number of nitrogens with zero attached hydrogens (tertiary/aromatic N) is 1. The third kappa shape index (κ3) is 3.24. The molecule has 0 spiro atoms. The first-order valence-electron chi connectivity index (χ1n) is 5.31. The van der Waals surface area contributed by atoms with E-state index in [0.717, 1.165) is 13.1 Å². The maximum absolute atomic E-state index is 12.2. The summed E-state index contributed by atoms with van der Waals surface area (Å²) in [5, 5.41) is 3.49. The van der Waals surface area contributed by atoms with Crippen LogP contribution < -0.4 is 5.32 Å². The summed E-state index contributed by atoms with van der Waals surface area (Å²) in [5.74, 6) is 0. The normalized spacial score (nSPS) is 30.7. The molecule has 1 aliphatic heterocycles. The minimum atomic E-state index is -0.219. The molecule has 2 nitrogen and oxygen atoms in total. The number of halogens is 1. The number of hydrogen-bond donors (Lipinski definition) is 1. The van der Waals surface area contributed by atoms with Crippen molar-refractivity contribution in [3.63, 3.8) is 0 Å². The average molecular weight is 188 g/mol. The highest BCUT2D eigenvalue weighted by Crippen LogP contribution is 2.09. The van der Waals surface area contributed by atoms with Crippen molar-refractivity contribution >= 4 is 0 Å². The van der Waals surface area contributed by atoms with Crippen molar-refractivity contribution in [1.82, 2.24) is 10.2 Å². The van der Waals surface area contributed by atoms with E-state index in [-0.39, 0.29) is 6.67 Å². The van der Waals surface area contributed by atoms with Crippen molar-refractivity contribution in [2.24, 2.45) is 0 Å². The predicted octanol–water partition coefficient (Wildman–Crippen LogP) is 1.42. The number of piperazine rings is 1. The fourth-order valence-electron chi connectivity index (χ4n) is 1.96. The van der Waals surface area contributed by atoms with Crippen LogP contribution in [-0.2, 0) is 0 Å². The quantitative estimate of drug-likeness (QED) is 0.718. The average Bonchev–Trinajstić information content (AvgIpc) is 2.12. The van der Waals surface area contributed by atoms with Crippen LogP contribution in [-0.4, -0.2) is 43.3 Å². The highest BCUT2D eigenvalue weighted by Gasteiger charge is 2.23. The zero-order chi connectivity index (χ0) is 9.68. The monoisotopic (exact) mass is 188 g/mol. The molecule has 0 saturated carbocycles. The molecule has 0 aliphatic carbocycles. The van der Waals surface area contributed by atoms with Crippen molar-refractivity contribution in [1.29, 1.82) is 0 Å². The van der Waals surface area contributed by atoms with Gasteiger partial charge in [0.1, 0.15) is 6.67 Å². The second kappa shape index (κ2) is 5.55. The molecule has 13 heavy (non-hydrogen) atoms. The topological polar surface area (TPSA) is 15.3 Å². The van der Waals surface area contributed by atoms with E-state index in [9.17, 15) is 4.39 Å². The smallest absolute Gasteiger partial charge is 0.102 e. The van der Waals surface area contributed by atoms with Gasteiger partial charge < -0.3 is 5.32 Å². The van der Waals surface area contributed by atoms with Crippen molar-refractivity contribution in [3.05, 3.63) is 0 Å². The summed E-state index contributed by atoms with van der Waals surface area (Å²) in [6.45, 7) is 6.75. The summed E-state index contributed by atoms with van der Waals surface area (Å²) in [6.07, 6.45) is 2.41. The van der Waals surface area contributed by atoms with Crippen molar-refractivity contribution in [3.8, 4) is 0 Å². The van der Waals surface area contributed by atoms with Gasteiger partial charge in [-0.15, -0.1) is 0 Å². The Morgan fingerprint density at radius 2 is 2.31 bits per heavy atom. The molecule has 1 saturated heterocycles. The van der Waals surface area contributed by atoms with E-state index < -0.39 is 0 Å². The zero-order valence-corrected chi connectivity index (χ0v) is 8.72. The second-order valence-corrected chi connectivity index (χ2v) is 3.93. The van der Waals surface area contributed by atoms with E-state index in [1.54, 1.807) is 0 Å². The van der Waals surface area contributed by atoms with Crippen LogP contribution in [0.4, 0.5) is 4.39 Å². The Morgan fingerprint density at radius 3 is 2.92 bits per heavy atom. The third-order valence-corrected chi connectivity index (χ3v) is 2.79. The molecule has 1 fully saturated rings. The van der Waals surface area contributed by atoms with Gasteiger partial charge in [-0.05, 0) is 13.3 Å². The van der Waals surface area contributed by atoms with Crippen LogP contribution in [0, 0.1) is 0 Å². The van der Waals surface area contributed by atoms with E-state index >= 15 is 0 Å². The fourth-order valence-corrected chi connectivity index (χ4v) is 1.96. The Morgan fingerprint density at radius 1 is 1.54 bits per heavy atom. The number of rotatable bonds is 4. The second-order valence-electron chi connectivity index (χ2n) is 3.93. The van der Waals surface area contributed by atoms with Crippen molar-refractivity contribution in [2.45, 2.75) is 38.8 Å². The molecule has 78 valence electrons. The number of hydrogen-bond acceptors (Lipinski definition) is 2. The first kappa shape index (κ1) is 10.9. The molecule has 0 aromatic carbocycles. The molecular weight excluding hydrogens is 167 g/mol. The van der Waals surface area contributed by atoms with E-state index in [4.69, 9.17) is 0 Å². The Hall–Kier alpha value is -0.150. The van der Waals surface area contributed by atoms with E-state index in [1.165, 1.54) is 12.8 Å². The lowest BCUT2D eigenvalue weighted by Crippen LogP contribution is -2.55. The van der Waals surface area contributed by atoms with E-state index in [1.807, 2.05) is 0 Å². The Bertz CT molecular complexity index is 141. The summed E-state index contributed by atoms with van der Waals surface area (Å²) >= 11 is 0. The minimum absolute atomic E-state index is 0.219. The van der Waals surface area contributed by atoms with Gasteiger partial charge in [0.05, 0.1) is 0 Å². The maximum atomic E-state index is 12.2. The lowest BCUT2D eigenvalue weighted by molar-refractivity contribution is 0.128. The van der Waals surface area contributed by atoms with Crippen LogP contribution in [0.15, 0.2) is 0 Å². The Balaban J connectivity index is 2.33. The van der Waals surface area contributed by atoms with Crippen LogP contribution in [0.25, 0.3) is 0 Å². The predicted molar refractivity (Wildman–Crippen MR) is 53.7 cm³/mol. The highest BCUT2D eigenvalue weighted by atomic mass is 19.1. The van der Waals surface area contributed by atoms with Crippen molar-refractivity contribution in [2.75, 3.05) is 26.3 Å². The van der Waals surface area contributed by atoms with Gasteiger partial charge in [0.15, 0.2) is 0 Å². The lowest BCUT2D eigenvalue weighted by Gasteiger charge is -2.38. The summed E-state index contributed by atoms with van der Waals surface area (Å²) in [5.41, 5.74) is 0. The SMILES string of the molecule is CCCC1CN(CCF)C(C)CN1. The van der Waals surface area contributed by atoms with Crippen LogP contribution in [0.5, 0.6) is 0 Å². The van der Waals surface area contributed by atoms with Crippen molar-refractivity contribution < 1.29 is 4.39 Å². The van der Waals surface area contributed by atoms with Gasteiger partial charge in [0.25, 0.3) is 0 Å². The van der Waals surface area contributed by atoms with Gasteiger partial charge >= 0.3 is 0 Å². The molecule has 1 rings (SSSR count). The van der Waals surface area contributed by atoms with Gasteiger partial charge in [-0.25, -0.2) is 4.39 Å². The summed E-state index contributed by atoms with van der Waals surface area (Å²) in [7, 11) is 0. The Kier molecular flexibility index (Phi) is 4.67. The maximum Gasteiger partial charge on any atom is 0.102 e. The molecule has 1 heterocycles. The molecule has 2 atom stereocenters. The Labute approximate surface area is 80.5 Å². The van der Waals surface area contributed by atoms with Crippen LogP contribution in [0.2, 0.25) is 0 Å². The summed E-state index contributed by atoms with van der Waals surface area (Å²) in [4.78, 5) is 2.25. The molecule has 0 radical (unpaired) electrons. The molecule has 0 bridgehead atoms. The summed E-state index contributed by atoms with van der Waals surface area (Å²) in [6, 6.07) is 1.07. The summed E-state index contributed by atoms with van der Waals surface area (Å²) < 4.78 is 12.2. The molecule has 0 aromatic heterocycles. The minimum Gasteiger partial charge on any atom is -0.311 e. The first-order chi connectivity index (χ1) is 6.27. The van der Waals surface area contributed by atoms with Crippen LogP contribution in [0.3, 0.4) is 0 Å². The van der Waals surface area contributed by atoms with Crippen LogP contribution in [0.1, 0.15) is 26.7 Å². The lowest BCUT2D eigenvalue weighted by atomic mass is 10.1. The van der Waals surface area contributed by atoms with Crippen LogP contribution >= 0.6 is 0 Å². The van der Waals surface area contributed by atoms with Gasteiger partial charge in [-0.1, -0.05) is 13.3 Å². The molecular formula is C10H21FN2. The molecule has 3 heteroatoms. The number of nitrogens with one attached hydrogen (secondary N) is 1. The van der Waals surface area contributed by atoms with E-state index in [0.29, 0.717) is 18.6 Å². The highest BCUT2D eigenvalue weighted by molar-refractivity contribution is 4.83. The number of alkyl halides is 1. The molecule has 2 unspecified atom stereocenters. The van der Waals surface area contributed by atoms with Gasteiger partial charge in [-0.2, -0.15) is 0 Å². The molecule has 0 amide bonds. The van der Waals surface area contributed by atoms with Gasteiger partial charge in [-0.3, -0.25) is 4.90 Å². The molecule has 1 N–H and O–H groups in total. The third-order valence-electron chi connectivity index (χ3n) is 2.79.